The Morgan fingerprint density at radius 3 is 2.75 bits per heavy atom. The van der Waals surface area contributed by atoms with Gasteiger partial charge in [-0.25, -0.2) is 0 Å². The van der Waals surface area contributed by atoms with E-state index >= 15 is 0 Å². The molecule has 1 aromatic carbocycles. The molecule has 1 heterocycles. The molecule has 1 atom stereocenters. The summed E-state index contributed by atoms with van der Waals surface area (Å²) in [6, 6.07) is 7.65. The van der Waals surface area contributed by atoms with Crippen LogP contribution in [0.2, 0.25) is 0 Å². The van der Waals surface area contributed by atoms with Crippen molar-refractivity contribution < 1.29 is 19.7 Å². The van der Waals surface area contributed by atoms with Crippen molar-refractivity contribution in [2.24, 2.45) is 0 Å². The Morgan fingerprint density at radius 2 is 2.10 bits per heavy atom. The van der Waals surface area contributed by atoms with E-state index in [2.05, 4.69) is 0 Å². The summed E-state index contributed by atoms with van der Waals surface area (Å²) in [5.41, 5.74) is 0.180. The fourth-order valence-electron chi connectivity index (χ4n) is 2.50. The van der Waals surface area contributed by atoms with Crippen molar-refractivity contribution in [2.45, 2.75) is 25.4 Å². The van der Waals surface area contributed by atoms with Gasteiger partial charge in [-0.3, -0.25) is 9.69 Å². The minimum Gasteiger partial charge on any atom is -0.491 e. The molecule has 0 bridgehead atoms. The van der Waals surface area contributed by atoms with Gasteiger partial charge >= 0.3 is 5.97 Å². The third-order valence-corrected chi connectivity index (χ3v) is 3.52. The molecular weight excluding hydrogens is 258 g/mol. The number of carboxylic acids is 1. The first-order valence-electron chi connectivity index (χ1n) is 6.83. The number of aliphatic hydroxyl groups is 1. The highest BCUT2D eigenvalue weighted by Gasteiger charge is 2.34. The van der Waals surface area contributed by atoms with Crippen LogP contribution >= 0.6 is 0 Å². The largest absolute Gasteiger partial charge is 0.491 e. The lowest BCUT2D eigenvalue weighted by Gasteiger charge is -2.38. The number of carboxylic acid groups (broad SMARTS) is 1. The molecule has 2 rings (SSSR count). The van der Waals surface area contributed by atoms with Crippen LogP contribution in [0, 0.1) is 6.92 Å². The molecule has 110 valence electrons. The van der Waals surface area contributed by atoms with Gasteiger partial charge in [-0.2, -0.15) is 0 Å². The molecule has 1 aliphatic heterocycles. The molecule has 0 aliphatic carbocycles. The van der Waals surface area contributed by atoms with Crippen LogP contribution in [-0.4, -0.2) is 52.9 Å². The highest BCUT2D eigenvalue weighted by atomic mass is 16.5. The fraction of sp³-hybridized carbons (Fsp3) is 0.533. The summed E-state index contributed by atoms with van der Waals surface area (Å²) in [5, 5.41) is 19.3. The van der Waals surface area contributed by atoms with E-state index in [1.165, 1.54) is 0 Å². The van der Waals surface area contributed by atoms with Gasteiger partial charge in [0.15, 0.2) is 0 Å². The third kappa shape index (κ3) is 4.21. The first kappa shape index (κ1) is 14.8. The quantitative estimate of drug-likeness (QED) is 0.850. The summed E-state index contributed by atoms with van der Waals surface area (Å²) in [7, 11) is 0. The van der Waals surface area contributed by atoms with Gasteiger partial charge in [0.05, 0.1) is 6.54 Å². The highest BCUT2D eigenvalue weighted by molar-refractivity contribution is 5.69. The zero-order chi connectivity index (χ0) is 14.6. The van der Waals surface area contributed by atoms with Crippen molar-refractivity contribution in [1.29, 1.82) is 0 Å². The highest BCUT2D eigenvalue weighted by Crippen LogP contribution is 2.23. The standard InChI is InChI=1S/C15H21NO4/c1-12-3-5-13(6-4-12)20-11-15(19)7-2-8-16(10-15)9-14(17)18/h3-6,19H,2,7-11H2,1H3,(H,17,18)/t15-/m1/s1. The van der Waals surface area contributed by atoms with Crippen LogP contribution in [0.15, 0.2) is 24.3 Å². The number of hydrogen-bond acceptors (Lipinski definition) is 4. The number of benzene rings is 1. The Bertz CT molecular complexity index is 459. The molecule has 0 amide bonds. The third-order valence-electron chi connectivity index (χ3n) is 3.52. The SMILES string of the molecule is Cc1ccc(OC[C@@]2(O)CCCN(CC(=O)O)C2)cc1. The molecule has 20 heavy (non-hydrogen) atoms. The topological polar surface area (TPSA) is 70.0 Å². The number of nitrogens with zero attached hydrogens (tertiary/aromatic N) is 1. The van der Waals surface area contributed by atoms with E-state index in [9.17, 15) is 9.90 Å². The zero-order valence-electron chi connectivity index (χ0n) is 11.7. The van der Waals surface area contributed by atoms with Crippen LogP contribution in [0.1, 0.15) is 18.4 Å². The second-order valence-corrected chi connectivity index (χ2v) is 5.53. The maximum absolute atomic E-state index is 10.7. The predicted octanol–water partition coefficient (Wildman–Crippen LogP) is 1.29. The maximum atomic E-state index is 10.7. The minimum absolute atomic E-state index is 0.0349. The smallest absolute Gasteiger partial charge is 0.317 e. The van der Waals surface area contributed by atoms with Crippen molar-refractivity contribution in [3.05, 3.63) is 29.8 Å². The average molecular weight is 279 g/mol. The number of aryl methyl sites for hydroxylation is 1. The lowest BCUT2D eigenvalue weighted by Crippen LogP contribution is -2.52. The Hall–Kier alpha value is -1.59. The van der Waals surface area contributed by atoms with Gasteiger partial charge in [0, 0.05) is 6.54 Å². The molecule has 2 N–H and O–H groups in total. The van der Waals surface area contributed by atoms with Gasteiger partial charge in [-0.1, -0.05) is 17.7 Å². The number of rotatable bonds is 5. The second kappa shape index (κ2) is 6.24. The number of carbonyl (C=O) groups is 1. The monoisotopic (exact) mass is 279 g/mol. The average Bonchev–Trinajstić information content (AvgIpc) is 2.37. The molecule has 5 nitrogen and oxygen atoms in total. The van der Waals surface area contributed by atoms with Gasteiger partial charge in [-0.05, 0) is 38.4 Å². The van der Waals surface area contributed by atoms with Gasteiger partial charge in [-0.15, -0.1) is 0 Å². The van der Waals surface area contributed by atoms with Crippen LogP contribution in [0.4, 0.5) is 0 Å². The molecule has 0 radical (unpaired) electrons. The van der Waals surface area contributed by atoms with E-state index in [0.717, 1.165) is 17.7 Å². The summed E-state index contributed by atoms with van der Waals surface area (Å²) in [6.07, 6.45) is 1.41. The summed E-state index contributed by atoms with van der Waals surface area (Å²) < 4.78 is 5.63. The van der Waals surface area contributed by atoms with E-state index < -0.39 is 11.6 Å². The molecule has 1 saturated heterocycles. The van der Waals surface area contributed by atoms with Crippen molar-refractivity contribution in [1.82, 2.24) is 4.90 Å². The number of piperidine rings is 1. The van der Waals surface area contributed by atoms with Crippen LogP contribution < -0.4 is 4.74 Å². The van der Waals surface area contributed by atoms with Crippen LogP contribution in [0.5, 0.6) is 5.75 Å². The van der Waals surface area contributed by atoms with E-state index in [0.29, 0.717) is 19.5 Å². The number of ether oxygens (including phenoxy) is 1. The number of hydrogen-bond donors (Lipinski definition) is 2. The summed E-state index contributed by atoms with van der Waals surface area (Å²) in [4.78, 5) is 12.5. The van der Waals surface area contributed by atoms with E-state index in [1.807, 2.05) is 31.2 Å². The zero-order valence-corrected chi connectivity index (χ0v) is 11.7. The maximum Gasteiger partial charge on any atom is 0.317 e. The molecular formula is C15H21NO4. The van der Waals surface area contributed by atoms with Crippen molar-refractivity contribution >= 4 is 5.97 Å². The van der Waals surface area contributed by atoms with Crippen molar-refractivity contribution in [2.75, 3.05) is 26.2 Å². The number of β-amino-alcohol motifs (C(OH)–C–C–N with tert-alkyl or cyclic N) is 1. The molecule has 1 aromatic rings. The van der Waals surface area contributed by atoms with Crippen LogP contribution in [0.3, 0.4) is 0 Å². The molecule has 0 spiro atoms. The van der Waals surface area contributed by atoms with E-state index in [-0.39, 0.29) is 13.2 Å². The molecule has 0 unspecified atom stereocenters. The summed E-state index contributed by atoms with van der Waals surface area (Å²) in [6.45, 7) is 3.20. The summed E-state index contributed by atoms with van der Waals surface area (Å²) >= 11 is 0. The van der Waals surface area contributed by atoms with E-state index in [4.69, 9.17) is 9.84 Å². The Morgan fingerprint density at radius 1 is 1.40 bits per heavy atom. The molecule has 1 fully saturated rings. The minimum atomic E-state index is -0.974. The summed E-state index contributed by atoms with van der Waals surface area (Å²) in [5.74, 6) is -0.145. The lowest BCUT2D eigenvalue weighted by atomic mass is 9.94. The van der Waals surface area contributed by atoms with Crippen LogP contribution in [-0.2, 0) is 4.79 Å². The van der Waals surface area contributed by atoms with Crippen molar-refractivity contribution in [3.8, 4) is 5.75 Å². The van der Waals surface area contributed by atoms with E-state index in [1.54, 1.807) is 4.90 Å². The number of aliphatic carboxylic acids is 1. The molecule has 1 aliphatic rings. The molecule has 0 aromatic heterocycles. The first-order chi connectivity index (χ1) is 9.47. The number of likely N-dealkylation sites (tertiary alicyclic amines) is 1. The van der Waals surface area contributed by atoms with Gasteiger partial charge in [0.2, 0.25) is 0 Å². The Balaban J connectivity index is 1.89. The van der Waals surface area contributed by atoms with Crippen LogP contribution in [0.25, 0.3) is 0 Å². The fourth-order valence-corrected chi connectivity index (χ4v) is 2.50. The van der Waals surface area contributed by atoms with Crippen molar-refractivity contribution in [3.63, 3.8) is 0 Å². The van der Waals surface area contributed by atoms with Gasteiger partial charge in [0.1, 0.15) is 18.0 Å². The first-order valence-corrected chi connectivity index (χ1v) is 6.83. The molecule has 0 saturated carbocycles. The lowest BCUT2D eigenvalue weighted by molar-refractivity contribution is -0.140. The second-order valence-electron chi connectivity index (χ2n) is 5.53. The normalized spacial score (nSPS) is 23.5. The Kier molecular flexibility index (Phi) is 4.62. The molecule has 5 heteroatoms. The Labute approximate surface area is 118 Å². The predicted molar refractivity (Wildman–Crippen MR) is 74.9 cm³/mol. The van der Waals surface area contributed by atoms with Gasteiger partial charge < -0.3 is 14.9 Å². The van der Waals surface area contributed by atoms with Gasteiger partial charge in [0.25, 0.3) is 0 Å².